The zero-order valence-corrected chi connectivity index (χ0v) is 19.6. The van der Waals surface area contributed by atoms with Gasteiger partial charge in [-0.05, 0) is 46.9 Å². The van der Waals surface area contributed by atoms with Crippen molar-refractivity contribution in [1.82, 2.24) is 10.6 Å². The molecule has 0 saturated heterocycles. The summed E-state index contributed by atoms with van der Waals surface area (Å²) < 4.78 is 5.59. The second kappa shape index (κ2) is 10.3. The highest BCUT2D eigenvalue weighted by atomic mass is 16.5. The largest absolute Gasteiger partial charge is 0.481 e. The molecule has 34 heavy (non-hydrogen) atoms. The number of alkyl carbamates (subject to hydrolysis) is 1. The fourth-order valence-corrected chi connectivity index (χ4v) is 5.25. The average molecular weight is 465 g/mol. The highest BCUT2D eigenvalue weighted by molar-refractivity contribution is 5.86. The van der Waals surface area contributed by atoms with Gasteiger partial charge in [-0.25, -0.2) is 4.79 Å². The predicted octanol–water partition coefficient (Wildman–Crippen LogP) is 4.17. The zero-order chi connectivity index (χ0) is 24.2. The van der Waals surface area contributed by atoms with Crippen molar-refractivity contribution in [2.45, 2.75) is 45.1 Å². The van der Waals surface area contributed by atoms with Crippen molar-refractivity contribution in [3.05, 3.63) is 59.7 Å². The van der Waals surface area contributed by atoms with Crippen LogP contribution in [0.25, 0.3) is 11.1 Å². The van der Waals surface area contributed by atoms with Crippen molar-refractivity contribution in [1.29, 1.82) is 0 Å². The smallest absolute Gasteiger partial charge is 0.407 e. The average Bonchev–Trinajstić information content (AvgIpc) is 3.42. The Morgan fingerprint density at radius 3 is 2.21 bits per heavy atom. The molecule has 0 radical (unpaired) electrons. The lowest BCUT2D eigenvalue weighted by Gasteiger charge is -2.24. The highest BCUT2D eigenvalue weighted by Crippen LogP contribution is 2.44. The van der Waals surface area contributed by atoms with Crippen molar-refractivity contribution in [2.75, 3.05) is 13.2 Å². The second-order valence-electron chi connectivity index (χ2n) is 9.57. The molecule has 0 heterocycles. The number of amides is 2. The summed E-state index contributed by atoms with van der Waals surface area (Å²) in [4.78, 5) is 36.9. The number of carbonyl (C=O) groups is 3. The van der Waals surface area contributed by atoms with E-state index in [1.54, 1.807) is 0 Å². The Bertz CT molecular complexity index is 1020. The molecule has 2 aliphatic rings. The van der Waals surface area contributed by atoms with E-state index >= 15 is 0 Å². The van der Waals surface area contributed by atoms with Gasteiger partial charge in [0.25, 0.3) is 0 Å². The number of hydrogen-bond donors (Lipinski definition) is 3. The molecule has 0 unspecified atom stereocenters. The summed E-state index contributed by atoms with van der Waals surface area (Å²) >= 11 is 0. The number of hydrogen-bond acceptors (Lipinski definition) is 4. The molecule has 180 valence electrons. The van der Waals surface area contributed by atoms with Crippen LogP contribution >= 0.6 is 0 Å². The Hall–Kier alpha value is -3.35. The number of rotatable bonds is 8. The molecule has 1 saturated carbocycles. The van der Waals surface area contributed by atoms with Crippen molar-refractivity contribution in [2.24, 2.45) is 17.8 Å². The van der Waals surface area contributed by atoms with E-state index in [4.69, 9.17) is 4.74 Å². The van der Waals surface area contributed by atoms with Crippen LogP contribution in [-0.4, -0.2) is 42.3 Å². The first-order valence-electron chi connectivity index (χ1n) is 12.0. The van der Waals surface area contributed by atoms with E-state index in [1.165, 1.54) is 0 Å². The quantitative estimate of drug-likeness (QED) is 0.544. The minimum atomic E-state index is -0.811. The molecule has 2 aromatic rings. The van der Waals surface area contributed by atoms with Crippen LogP contribution in [0.4, 0.5) is 4.79 Å². The number of aliphatic carboxylic acids is 1. The van der Waals surface area contributed by atoms with Crippen LogP contribution < -0.4 is 10.6 Å². The van der Waals surface area contributed by atoms with Gasteiger partial charge in [0.2, 0.25) is 5.91 Å². The normalized spacial score (nSPS) is 19.9. The van der Waals surface area contributed by atoms with E-state index in [0.29, 0.717) is 13.0 Å². The van der Waals surface area contributed by atoms with Gasteiger partial charge >= 0.3 is 12.1 Å². The number of carboxylic acids is 1. The van der Waals surface area contributed by atoms with Gasteiger partial charge in [-0.3, -0.25) is 9.59 Å². The minimum Gasteiger partial charge on any atom is -0.481 e. The van der Waals surface area contributed by atoms with Crippen molar-refractivity contribution < 1.29 is 24.2 Å². The Morgan fingerprint density at radius 1 is 1.00 bits per heavy atom. The van der Waals surface area contributed by atoms with Crippen LogP contribution in [0.5, 0.6) is 0 Å². The van der Waals surface area contributed by atoms with Crippen LogP contribution in [0, 0.1) is 17.8 Å². The number of carbonyl (C=O) groups excluding carboxylic acids is 2. The maximum Gasteiger partial charge on any atom is 0.407 e. The molecule has 0 spiro atoms. The number of ether oxygens (including phenoxy) is 1. The lowest BCUT2D eigenvalue weighted by atomic mass is 9.96. The molecule has 7 nitrogen and oxygen atoms in total. The molecule has 3 N–H and O–H groups in total. The van der Waals surface area contributed by atoms with Crippen molar-refractivity contribution >= 4 is 18.0 Å². The Kier molecular flexibility index (Phi) is 7.20. The van der Waals surface area contributed by atoms with E-state index in [0.717, 1.165) is 35.1 Å². The first-order chi connectivity index (χ1) is 16.4. The third-order valence-corrected chi connectivity index (χ3v) is 7.08. The van der Waals surface area contributed by atoms with Gasteiger partial charge in [-0.15, -0.1) is 0 Å². The first kappa shape index (κ1) is 23.8. The Morgan fingerprint density at radius 2 is 1.62 bits per heavy atom. The fraction of sp³-hybridized carbons (Fsp3) is 0.444. The Balaban J connectivity index is 1.35. The summed E-state index contributed by atoms with van der Waals surface area (Å²) in [5.74, 6) is -1.84. The minimum absolute atomic E-state index is 0.0557. The lowest BCUT2D eigenvalue weighted by molar-refractivity contribution is -0.143. The van der Waals surface area contributed by atoms with Gasteiger partial charge in [0.05, 0.1) is 5.92 Å². The van der Waals surface area contributed by atoms with Crippen LogP contribution in [0.1, 0.15) is 50.2 Å². The van der Waals surface area contributed by atoms with E-state index in [9.17, 15) is 19.5 Å². The van der Waals surface area contributed by atoms with Gasteiger partial charge in [0.15, 0.2) is 0 Å². The SMILES string of the molecule is CC(C)[C@@H](NC(=O)OCC1c2ccccc2-c2ccccc21)C(=O)NC[C@H]1CCC[C@H]1C(=O)O. The zero-order valence-electron chi connectivity index (χ0n) is 19.6. The monoisotopic (exact) mass is 464 g/mol. The third-order valence-electron chi connectivity index (χ3n) is 7.08. The van der Waals surface area contributed by atoms with E-state index in [1.807, 2.05) is 38.1 Å². The maximum atomic E-state index is 12.8. The molecule has 3 atom stereocenters. The third kappa shape index (κ3) is 4.93. The molecule has 4 rings (SSSR count). The molecule has 0 bridgehead atoms. The lowest BCUT2D eigenvalue weighted by Crippen LogP contribution is -2.51. The van der Waals surface area contributed by atoms with Crippen LogP contribution in [0.15, 0.2) is 48.5 Å². The summed E-state index contributed by atoms with van der Waals surface area (Å²) in [6.07, 6.45) is 1.63. The van der Waals surface area contributed by atoms with Crippen LogP contribution in [0.3, 0.4) is 0 Å². The van der Waals surface area contributed by atoms with E-state index in [-0.39, 0.29) is 30.3 Å². The summed E-state index contributed by atoms with van der Waals surface area (Å²) in [5.41, 5.74) is 4.55. The standard InChI is InChI=1S/C27H32N2O5/c1-16(2)24(25(30)28-14-17-8-7-13-18(17)26(31)32)29-27(33)34-15-23-21-11-5-3-9-19(21)20-10-4-6-12-22(20)23/h3-6,9-12,16-18,23-24H,7-8,13-15H2,1-2H3,(H,28,30)(H,29,33)(H,31,32)/t17-,18-,24-/m1/s1. The van der Waals surface area contributed by atoms with Crippen LogP contribution in [0.2, 0.25) is 0 Å². The molecule has 1 fully saturated rings. The molecule has 0 aliphatic heterocycles. The number of benzene rings is 2. The summed E-state index contributed by atoms with van der Waals surface area (Å²) in [7, 11) is 0. The first-order valence-corrected chi connectivity index (χ1v) is 12.0. The summed E-state index contributed by atoms with van der Waals surface area (Å²) in [6.45, 7) is 4.17. The Labute approximate surface area is 199 Å². The summed E-state index contributed by atoms with van der Waals surface area (Å²) in [6, 6.07) is 15.5. The molecular weight excluding hydrogens is 432 g/mol. The molecule has 7 heteroatoms. The van der Waals surface area contributed by atoms with Gasteiger partial charge in [0.1, 0.15) is 12.6 Å². The topological polar surface area (TPSA) is 105 Å². The molecule has 2 amide bonds. The number of carboxylic acid groups (broad SMARTS) is 1. The summed E-state index contributed by atoms with van der Waals surface area (Å²) in [5, 5.41) is 14.9. The molecule has 2 aliphatic carbocycles. The van der Waals surface area contributed by atoms with E-state index < -0.39 is 24.0 Å². The van der Waals surface area contributed by atoms with E-state index in [2.05, 4.69) is 34.9 Å². The van der Waals surface area contributed by atoms with Gasteiger partial charge in [-0.1, -0.05) is 68.8 Å². The van der Waals surface area contributed by atoms with Gasteiger partial charge in [-0.2, -0.15) is 0 Å². The second-order valence-corrected chi connectivity index (χ2v) is 9.57. The molecule has 2 aromatic carbocycles. The van der Waals surface area contributed by atoms with Gasteiger partial charge in [0, 0.05) is 12.5 Å². The van der Waals surface area contributed by atoms with Gasteiger partial charge < -0.3 is 20.5 Å². The van der Waals surface area contributed by atoms with Crippen LogP contribution in [-0.2, 0) is 14.3 Å². The number of fused-ring (bicyclic) bond motifs is 3. The number of nitrogens with one attached hydrogen (secondary N) is 2. The predicted molar refractivity (Wildman–Crippen MR) is 128 cm³/mol. The fourth-order valence-electron chi connectivity index (χ4n) is 5.25. The highest BCUT2D eigenvalue weighted by Gasteiger charge is 2.34. The molecular formula is C27H32N2O5. The maximum absolute atomic E-state index is 12.8. The van der Waals surface area contributed by atoms with Crippen molar-refractivity contribution in [3.63, 3.8) is 0 Å². The van der Waals surface area contributed by atoms with Crippen molar-refractivity contribution in [3.8, 4) is 11.1 Å². The molecule has 0 aromatic heterocycles.